The maximum atomic E-state index is 11.2. The Morgan fingerprint density at radius 3 is 2.34 bits per heavy atom. The Bertz CT molecular complexity index is 622. The van der Waals surface area contributed by atoms with E-state index in [4.69, 9.17) is 0 Å². The highest BCUT2D eigenvalue weighted by Crippen LogP contribution is 2.68. The van der Waals surface area contributed by atoms with Crippen LogP contribution in [0.25, 0.3) is 0 Å². The lowest BCUT2D eigenvalue weighted by atomic mass is 9.44. The number of rotatable bonds is 4. The Morgan fingerprint density at radius 1 is 0.931 bits per heavy atom. The first-order valence-corrected chi connectivity index (χ1v) is 12.7. The molecule has 2 N–H and O–H groups in total. The topological polar surface area (TPSA) is 40.5 Å². The van der Waals surface area contributed by atoms with E-state index < -0.39 is 0 Å². The summed E-state index contributed by atoms with van der Waals surface area (Å²) in [5, 5.41) is 21.4. The maximum absolute atomic E-state index is 11.2. The molecule has 2 nitrogen and oxygen atoms in total. The quantitative estimate of drug-likeness (QED) is 0.537. The maximum Gasteiger partial charge on any atom is 0.0577 e. The van der Waals surface area contributed by atoms with Crippen LogP contribution in [0, 0.1) is 46.3 Å². The molecule has 0 heterocycles. The lowest BCUT2D eigenvalue weighted by Crippen LogP contribution is -2.58. The summed E-state index contributed by atoms with van der Waals surface area (Å²) < 4.78 is 0. The molecular formula is C27H46O2. The zero-order valence-corrected chi connectivity index (χ0v) is 19.7. The van der Waals surface area contributed by atoms with E-state index in [1.54, 1.807) is 0 Å². The van der Waals surface area contributed by atoms with Crippen LogP contribution >= 0.6 is 0 Å². The number of aliphatic hydroxyl groups excluding tert-OH is 2. The zero-order chi connectivity index (χ0) is 21.0. The van der Waals surface area contributed by atoms with E-state index in [2.05, 4.69) is 40.7 Å². The zero-order valence-electron chi connectivity index (χ0n) is 19.7. The SMILES string of the molecule is CC(C)=CCCC(C)C1CCC2C3CC(O)C4CC(O)CCC4(C)C3CCC12C. The summed E-state index contributed by atoms with van der Waals surface area (Å²) in [6.07, 6.45) is 14.0. The lowest BCUT2D eigenvalue weighted by molar-refractivity contribution is -0.172. The number of aliphatic hydroxyl groups is 2. The molecule has 166 valence electrons. The molecule has 4 rings (SSSR count). The molecule has 0 spiro atoms. The largest absolute Gasteiger partial charge is 0.393 e. The van der Waals surface area contributed by atoms with Gasteiger partial charge in [-0.1, -0.05) is 32.4 Å². The van der Waals surface area contributed by atoms with Gasteiger partial charge in [0.1, 0.15) is 0 Å². The second-order valence-electron chi connectivity index (χ2n) is 12.3. The van der Waals surface area contributed by atoms with Gasteiger partial charge in [-0.2, -0.15) is 0 Å². The molecule has 0 saturated heterocycles. The van der Waals surface area contributed by atoms with Gasteiger partial charge in [-0.3, -0.25) is 0 Å². The van der Waals surface area contributed by atoms with Gasteiger partial charge >= 0.3 is 0 Å². The number of allylic oxidation sites excluding steroid dienone is 2. The van der Waals surface area contributed by atoms with Crippen molar-refractivity contribution >= 4 is 0 Å². The lowest BCUT2D eigenvalue weighted by Gasteiger charge is -2.62. The molecule has 10 atom stereocenters. The van der Waals surface area contributed by atoms with Crippen molar-refractivity contribution in [3.05, 3.63) is 11.6 Å². The molecule has 29 heavy (non-hydrogen) atoms. The van der Waals surface area contributed by atoms with Gasteiger partial charge in [0.15, 0.2) is 0 Å². The van der Waals surface area contributed by atoms with Crippen molar-refractivity contribution in [2.45, 2.75) is 111 Å². The van der Waals surface area contributed by atoms with E-state index in [9.17, 15) is 10.2 Å². The highest BCUT2D eigenvalue weighted by Gasteiger charge is 2.62. The second-order valence-corrected chi connectivity index (χ2v) is 12.3. The minimum Gasteiger partial charge on any atom is -0.393 e. The monoisotopic (exact) mass is 402 g/mol. The molecule has 2 heteroatoms. The van der Waals surface area contributed by atoms with Crippen molar-refractivity contribution in [1.82, 2.24) is 0 Å². The highest BCUT2D eigenvalue weighted by molar-refractivity contribution is 5.11. The molecule has 4 aliphatic carbocycles. The van der Waals surface area contributed by atoms with Gasteiger partial charge in [-0.25, -0.2) is 0 Å². The van der Waals surface area contributed by atoms with Gasteiger partial charge in [0.2, 0.25) is 0 Å². The van der Waals surface area contributed by atoms with E-state index in [-0.39, 0.29) is 17.6 Å². The predicted octanol–water partition coefficient (Wildman–Crippen LogP) is 6.36. The summed E-state index contributed by atoms with van der Waals surface area (Å²) in [5.41, 5.74) is 2.17. The first-order chi connectivity index (χ1) is 13.7. The molecule has 0 aromatic rings. The third-order valence-electron chi connectivity index (χ3n) is 10.6. The Kier molecular flexibility index (Phi) is 6.01. The van der Waals surface area contributed by atoms with E-state index in [0.29, 0.717) is 17.3 Å². The van der Waals surface area contributed by atoms with Gasteiger partial charge in [-0.05, 0) is 124 Å². The van der Waals surface area contributed by atoms with Crippen LogP contribution in [0.15, 0.2) is 11.6 Å². The molecule has 4 saturated carbocycles. The van der Waals surface area contributed by atoms with Crippen LogP contribution in [0.5, 0.6) is 0 Å². The molecular weight excluding hydrogens is 356 g/mol. The molecule has 0 amide bonds. The summed E-state index contributed by atoms with van der Waals surface area (Å²) in [5.74, 6) is 4.25. The number of fused-ring (bicyclic) bond motifs is 5. The fourth-order valence-electron chi connectivity index (χ4n) is 9.09. The average Bonchev–Trinajstić information content (AvgIpc) is 3.00. The minimum absolute atomic E-state index is 0.189. The van der Waals surface area contributed by atoms with Crippen molar-refractivity contribution in [2.24, 2.45) is 46.3 Å². The average molecular weight is 403 g/mol. The van der Waals surface area contributed by atoms with E-state index in [0.717, 1.165) is 49.4 Å². The first kappa shape index (κ1) is 21.9. The van der Waals surface area contributed by atoms with Crippen molar-refractivity contribution in [3.63, 3.8) is 0 Å². The normalized spacial score (nSPS) is 50.2. The fraction of sp³-hybridized carbons (Fsp3) is 0.926. The predicted molar refractivity (Wildman–Crippen MR) is 120 cm³/mol. The van der Waals surface area contributed by atoms with Crippen LogP contribution in [0.3, 0.4) is 0 Å². The van der Waals surface area contributed by atoms with Gasteiger partial charge in [0, 0.05) is 0 Å². The summed E-state index contributed by atoms with van der Waals surface area (Å²) in [6.45, 7) is 12.0. The molecule has 0 bridgehead atoms. The third kappa shape index (κ3) is 3.65. The van der Waals surface area contributed by atoms with Gasteiger partial charge < -0.3 is 10.2 Å². The van der Waals surface area contributed by atoms with E-state index in [1.807, 2.05) is 0 Å². The van der Waals surface area contributed by atoms with Crippen LogP contribution in [-0.2, 0) is 0 Å². The summed E-state index contributed by atoms with van der Waals surface area (Å²) in [7, 11) is 0. The Balaban J connectivity index is 1.52. The standard InChI is InChI=1S/C27H46O2/c1-17(2)7-6-8-18(3)21-9-10-22-20-16-25(29)24-15-19(28)11-13-27(24,5)23(20)12-14-26(21,22)4/h7,18-25,28-29H,6,8-16H2,1-5H3. The van der Waals surface area contributed by atoms with Crippen LogP contribution in [0.2, 0.25) is 0 Å². The Hall–Kier alpha value is -0.340. The van der Waals surface area contributed by atoms with Crippen LogP contribution in [-0.4, -0.2) is 22.4 Å². The van der Waals surface area contributed by atoms with Crippen molar-refractivity contribution in [2.75, 3.05) is 0 Å². The van der Waals surface area contributed by atoms with Crippen LogP contribution in [0.1, 0.15) is 98.8 Å². The second kappa shape index (κ2) is 7.97. The Morgan fingerprint density at radius 2 is 1.62 bits per heavy atom. The summed E-state index contributed by atoms with van der Waals surface area (Å²) in [4.78, 5) is 0. The smallest absolute Gasteiger partial charge is 0.0577 e. The summed E-state index contributed by atoms with van der Waals surface area (Å²) in [6, 6.07) is 0. The molecule has 0 aromatic heterocycles. The summed E-state index contributed by atoms with van der Waals surface area (Å²) >= 11 is 0. The molecule has 4 aliphatic rings. The molecule has 4 fully saturated rings. The van der Waals surface area contributed by atoms with Crippen molar-refractivity contribution in [3.8, 4) is 0 Å². The minimum atomic E-state index is -0.201. The first-order valence-electron chi connectivity index (χ1n) is 12.7. The third-order valence-corrected chi connectivity index (χ3v) is 10.6. The molecule has 10 unspecified atom stereocenters. The Labute approximate surface area is 179 Å². The number of hydrogen-bond acceptors (Lipinski definition) is 2. The molecule has 0 aromatic carbocycles. The van der Waals surface area contributed by atoms with Gasteiger partial charge in [-0.15, -0.1) is 0 Å². The van der Waals surface area contributed by atoms with E-state index >= 15 is 0 Å². The van der Waals surface area contributed by atoms with Crippen molar-refractivity contribution < 1.29 is 10.2 Å². The molecule has 0 radical (unpaired) electrons. The fourth-order valence-corrected chi connectivity index (χ4v) is 9.09. The van der Waals surface area contributed by atoms with Crippen LogP contribution < -0.4 is 0 Å². The van der Waals surface area contributed by atoms with E-state index in [1.165, 1.54) is 44.1 Å². The number of hydrogen-bond donors (Lipinski definition) is 2. The molecule has 0 aliphatic heterocycles. The van der Waals surface area contributed by atoms with Crippen LogP contribution in [0.4, 0.5) is 0 Å². The van der Waals surface area contributed by atoms with Gasteiger partial charge in [0.05, 0.1) is 12.2 Å². The highest BCUT2D eigenvalue weighted by atomic mass is 16.3. The van der Waals surface area contributed by atoms with Gasteiger partial charge in [0.25, 0.3) is 0 Å². The van der Waals surface area contributed by atoms with Crippen molar-refractivity contribution in [1.29, 1.82) is 0 Å².